The Morgan fingerprint density at radius 2 is 2.21 bits per heavy atom. The molecule has 1 aromatic rings. The second kappa shape index (κ2) is 5.45. The maximum atomic E-state index is 10.9. The summed E-state index contributed by atoms with van der Waals surface area (Å²) in [7, 11) is 0. The number of rotatable bonds is 2. The topological polar surface area (TPSA) is 77.2 Å². The number of nitriles is 1. The molecular formula is C13H14ClN3O2. The van der Waals surface area contributed by atoms with Gasteiger partial charge in [0.15, 0.2) is 0 Å². The van der Waals surface area contributed by atoms with Crippen LogP contribution in [0.2, 0.25) is 5.02 Å². The summed E-state index contributed by atoms with van der Waals surface area (Å²) in [5.41, 5.74) is 1.11. The molecule has 1 aliphatic heterocycles. The van der Waals surface area contributed by atoms with Gasteiger partial charge < -0.3 is 10.0 Å². The summed E-state index contributed by atoms with van der Waals surface area (Å²) < 4.78 is 0. The average molecular weight is 280 g/mol. The molecule has 1 N–H and O–H groups in total. The van der Waals surface area contributed by atoms with Crippen molar-refractivity contribution in [2.24, 2.45) is 5.92 Å². The van der Waals surface area contributed by atoms with Crippen molar-refractivity contribution in [2.75, 3.05) is 18.0 Å². The summed E-state index contributed by atoms with van der Waals surface area (Å²) >= 11 is 6.14. The van der Waals surface area contributed by atoms with Crippen LogP contribution in [0.15, 0.2) is 6.07 Å². The van der Waals surface area contributed by atoms with Crippen molar-refractivity contribution >= 4 is 23.4 Å². The van der Waals surface area contributed by atoms with Crippen molar-refractivity contribution < 1.29 is 9.90 Å². The minimum Gasteiger partial charge on any atom is -0.481 e. The Morgan fingerprint density at radius 1 is 1.58 bits per heavy atom. The number of aryl methyl sites for hydroxylation is 1. The third kappa shape index (κ3) is 2.79. The molecule has 0 radical (unpaired) electrons. The van der Waals surface area contributed by atoms with E-state index >= 15 is 0 Å². The minimum atomic E-state index is -0.741. The predicted molar refractivity (Wildman–Crippen MR) is 71.3 cm³/mol. The second-order valence-electron chi connectivity index (χ2n) is 4.64. The van der Waals surface area contributed by atoms with Gasteiger partial charge in [-0.15, -0.1) is 0 Å². The predicted octanol–water partition coefficient (Wildman–Crippen LogP) is 2.22. The van der Waals surface area contributed by atoms with Gasteiger partial charge in [0.1, 0.15) is 11.9 Å². The molecule has 2 heterocycles. The van der Waals surface area contributed by atoms with Crippen LogP contribution in [-0.4, -0.2) is 29.1 Å². The number of carbonyl (C=O) groups is 1. The first-order valence-electron chi connectivity index (χ1n) is 6.08. The van der Waals surface area contributed by atoms with Crippen molar-refractivity contribution in [2.45, 2.75) is 19.8 Å². The third-order valence-electron chi connectivity index (χ3n) is 3.41. The Labute approximate surface area is 116 Å². The molecule has 1 aromatic heterocycles. The number of piperidine rings is 1. The molecule has 19 heavy (non-hydrogen) atoms. The summed E-state index contributed by atoms with van der Waals surface area (Å²) in [5.74, 6) is -0.383. The minimum absolute atomic E-state index is 0.283. The molecule has 6 heteroatoms. The highest BCUT2D eigenvalue weighted by molar-refractivity contribution is 6.33. The lowest BCUT2D eigenvalue weighted by Crippen LogP contribution is -2.37. The normalized spacial score (nSPS) is 16.2. The fourth-order valence-corrected chi connectivity index (χ4v) is 2.51. The number of hydrogen-bond donors (Lipinski definition) is 1. The van der Waals surface area contributed by atoms with E-state index in [-0.39, 0.29) is 5.92 Å². The SMILES string of the molecule is Cc1nc(N2CCC(C(=O)O)CC2)c(Cl)cc1C#N. The van der Waals surface area contributed by atoms with Gasteiger partial charge in [-0.05, 0) is 25.8 Å². The molecule has 0 atom stereocenters. The summed E-state index contributed by atoms with van der Waals surface area (Å²) in [4.78, 5) is 17.2. The largest absolute Gasteiger partial charge is 0.481 e. The first kappa shape index (κ1) is 13.6. The summed E-state index contributed by atoms with van der Waals surface area (Å²) in [6.07, 6.45) is 1.18. The Kier molecular flexibility index (Phi) is 3.91. The van der Waals surface area contributed by atoms with Crippen LogP contribution in [0.5, 0.6) is 0 Å². The molecule has 1 fully saturated rings. The van der Waals surface area contributed by atoms with Crippen LogP contribution < -0.4 is 4.90 Å². The number of carboxylic acids is 1. The zero-order valence-electron chi connectivity index (χ0n) is 10.6. The zero-order valence-corrected chi connectivity index (χ0v) is 11.3. The second-order valence-corrected chi connectivity index (χ2v) is 5.05. The summed E-state index contributed by atoms with van der Waals surface area (Å²) in [5, 5.41) is 18.3. The van der Waals surface area contributed by atoms with Gasteiger partial charge in [-0.3, -0.25) is 4.79 Å². The van der Waals surface area contributed by atoms with Gasteiger partial charge in [0.2, 0.25) is 0 Å². The van der Waals surface area contributed by atoms with Crippen molar-refractivity contribution in [1.29, 1.82) is 5.26 Å². The van der Waals surface area contributed by atoms with E-state index in [4.69, 9.17) is 22.0 Å². The molecule has 1 aliphatic rings. The number of aliphatic carboxylic acids is 1. The van der Waals surface area contributed by atoms with Gasteiger partial charge >= 0.3 is 5.97 Å². The van der Waals surface area contributed by atoms with E-state index in [0.29, 0.717) is 48.0 Å². The molecule has 5 nitrogen and oxygen atoms in total. The molecular weight excluding hydrogens is 266 g/mol. The number of pyridine rings is 1. The first-order valence-corrected chi connectivity index (χ1v) is 6.45. The van der Waals surface area contributed by atoms with Crippen LogP contribution in [0.1, 0.15) is 24.1 Å². The highest BCUT2D eigenvalue weighted by atomic mass is 35.5. The van der Waals surface area contributed by atoms with Gasteiger partial charge in [-0.2, -0.15) is 5.26 Å². The molecule has 0 spiro atoms. The lowest BCUT2D eigenvalue weighted by Gasteiger charge is -2.31. The van der Waals surface area contributed by atoms with Gasteiger partial charge in [-0.1, -0.05) is 11.6 Å². The molecule has 0 unspecified atom stereocenters. The maximum Gasteiger partial charge on any atom is 0.306 e. The van der Waals surface area contributed by atoms with Crippen LogP contribution in [-0.2, 0) is 4.79 Å². The number of carboxylic acid groups (broad SMARTS) is 1. The third-order valence-corrected chi connectivity index (χ3v) is 3.69. The van der Waals surface area contributed by atoms with E-state index in [0.717, 1.165) is 0 Å². The number of halogens is 1. The standard InChI is InChI=1S/C13H14ClN3O2/c1-8-10(7-15)6-11(14)12(16-8)17-4-2-9(3-5-17)13(18)19/h6,9H,2-5H2,1H3,(H,18,19). The number of nitrogens with zero attached hydrogens (tertiary/aromatic N) is 3. The van der Waals surface area contributed by atoms with Crippen LogP contribution in [0.25, 0.3) is 0 Å². The molecule has 0 aromatic carbocycles. The highest BCUT2D eigenvalue weighted by Gasteiger charge is 2.26. The van der Waals surface area contributed by atoms with E-state index in [1.807, 2.05) is 11.0 Å². The Morgan fingerprint density at radius 3 is 2.74 bits per heavy atom. The molecule has 0 bridgehead atoms. The highest BCUT2D eigenvalue weighted by Crippen LogP contribution is 2.29. The van der Waals surface area contributed by atoms with E-state index in [2.05, 4.69) is 4.98 Å². The number of anilines is 1. The monoisotopic (exact) mass is 279 g/mol. The van der Waals surface area contributed by atoms with Crippen LogP contribution >= 0.6 is 11.6 Å². The van der Waals surface area contributed by atoms with E-state index in [9.17, 15) is 4.79 Å². The van der Waals surface area contributed by atoms with Crippen LogP contribution in [0.3, 0.4) is 0 Å². The van der Waals surface area contributed by atoms with Crippen molar-refractivity contribution in [1.82, 2.24) is 4.98 Å². The molecule has 1 saturated heterocycles. The van der Waals surface area contributed by atoms with Crippen LogP contribution in [0.4, 0.5) is 5.82 Å². The van der Waals surface area contributed by atoms with Gasteiger partial charge in [0.05, 0.1) is 22.2 Å². The molecule has 2 rings (SSSR count). The van der Waals surface area contributed by atoms with Crippen molar-refractivity contribution in [3.63, 3.8) is 0 Å². The summed E-state index contributed by atoms with van der Waals surface area (Å²) in [6, 6.07) is 3.66. The zero-order chi connectivity index (χ0) is 14.0. The van der Waals surface area contributed by atoms with Crippen molar-refractivity contribution in [3.05, 3.63) is 22.3 Å². The molecule has 0 aliphatic carbocycles. The molecule has 0 amide bonds. The fraction of sp³-hybridized carbons (Fsp3) is 0.462. The Hall–Kier alpha value is -1.80. The lowest BCUT2D eigenvalue weighted by molar-refractivity contribution is -0.142. The van der Waals surface area contributed by atoms with Gasteiger partial charge in [0, 0.05) is 13.1 Å². The molecule has 0 saturated carbocycles. The van der Waals surface area contributed by atoms with E-state index in [1.165, 1.54) is 0 Å². The quantitative estimate of drug-likeness (QED) is 0.898. The Bertz CT molecular complexity index is 546. The lowest BCUT2D eigenvalue weighted by atomic mass is 9.97. The first-order chi connectivity index (χ1) is 9.02. The smallest absolute Gasteiger partial charge is 0.306 e. The van der Waals surface area contributed by atoms with Crippen molar-refractivity contribution in [3.8, 4) is 6.07 Å². The van der Waals surface area contributed by atoms with Gasteiger partial charge in [0.25, 0.3) is 0 Å². The average Bonchev–Trinajstić information content (AvgIpc) is 2.41. The van der Waals surface area contributed by atoms with E-state index < -0.39 is 5.97 Å². The van der Waals surface area contributed by atoms with E-state index in [1.54, 1.807) is 13.0 Å². The number of hydrogen-bond acceptors (Lipinski definition) is 4. The van der Waals surface area contributed by atoms with Gasteiger partial charge in [-0.25, -0.2) is 4.98 Å². The Balaban J connectivity index is 2.18. The number of aromatic nitrogens is 1. The maximum absolute atomic E-state index is 10.9. The summed E-state index contributed by atoms with van der Waals surface area (Å²) in [6.45, 7) is 3.01. The fourth-order valence-electron chi connectivity index (χ4n) is 2.24. The molecule has 100 valence electrons. The van der Waals surface area contributed by atoms with Crippen LogP contribution in [0, 0.1) is 24.2 Å².